The van der Waals surface area contributed by atoms with E-state index in [0.29, 0.717) is 35.4 Å². The lowest BCUT2D eigenvalue weighted by molar-refractivity contribution is -0.129. The van der Waals surface area contributed by atoms with Gasteiger partial charge >= 0.3 is 0 Å². The SMILES string of the molecule is C[C@]12CCC(=O)C=C1NC[C@@H]1[C@H]2CC[C@]2(C)C(C(=O)N(C(=O)c3ccccc3)c3ccccc3)CC[C@@H]12. The number of nitrogens with zero attached hydrogens (tertiary/aromatic N) is 1. The predicted molar refractivity (Wildman–Crippen MR) is 144 cm³/mol. The summed E-state index contributed by atoms with van der Waals surface area (Å²) in [7, 11) is 0. The van der Waals surface area contributed by atoms with Gasteiger partial charge in [0, 0.05) is 41.6 Å². The summed E-state index contributed by atoms with van der Waals surface area (Å²) in [5, 5.41) is 3.64. The summed E-state index contributed by atoms with van der Waals surface area (Å²) in [6.07, 6.45) is 7.24. The van der Waals surface area contributed by atoms with Crippen LogP contribution in [0.4, 0.5) is 5.69 Å². The largest absolute Gasteiger partial charge is 0.387 e. The summed E-state index contributed by atoms with van der Waals surface area (Å²) < 4.78 is 0. The number of fused-ring (bicyclic) bond motifs is 5. The zero-order valence-corrected chi connectivity index (χ0v) is 21.8. The van der Waals surface area contributed by atoms with E-state index in [-0.39, 0.29) is 34.3 Å². The molecule has 1 N–H and O–H groups in total. The molecule has 4 aliphatic rings. The second kappa shape index (κ2) is 8.97. The van der Waals surface area contributed by atoms with Gasteiger partial charge in [-0.25, -0.2) is 4.90 Å². The van der Waals surface area contributed by atoms with Crippen molar-refractivity contribution in [1.29, 1.82) is 0 Å². The van der Waals surface area contributed by atoms with Crippen molar-refractivity contribution >= 4 is 23.3 Å². The van der Waals surface area contributed by atoms with Gasteiger partial charge < -0.3 is 5.32 Å². The first-order valence-electron chi connectivity index (χ1n) is 13.8. The Kier molecular flexibility index (Phi) is 5.85. The predicted octanol–water partition coefficient (Wildman–Crippen LogP) is 5.78. The zero-order chi connectivity index (χ0) is 25.8. The van der Waals surface area contributed by atoms with E-state index in [1.54, 1.807) is 12.1 Å². The Morgan fingerprint density at radius 2 is 1.59 bits per heavy atom. The number of carbonyl (C=O) groups excluding carboxylic acids is 3. The maximum Gasteiger partial charge on any atom is 0.265 e. The van der Waals surface area contributed by atoms with E-state index in [4.69, 9.17) is 0 Å². The summed E-state index contributed by atoms with van der Waals surface area (Å²) in [6, 6.07) is 18.5. The molecule has 5 heteroatoms. The molecule has 0 bridgehead atoms. The molecule has 0 radical (unpaired) electrons. The standard InChI is InChI=1S/C32H36N2O3/c1-31-18-16-26-24(20-33-28-19-23(35)15-17-32(26,28)2)25(31)13-14-27(31)30(37)34(22-11-7-4-8-12-22)29(36)21-9-5-3-6-10-21/h3-12,19,24-27,33H,13-18,20H2,1-2H3/t24-,25-,26+,27?,31-,32+/m0/s1. The number of anilines is 1. The number of benzene rings is 2. The van der Waals surface area contributed by atoms with Crippen molar-refractivity contribution in [3.63, 3.8) is 0 Å². The number of carbonyl (C=O) groups is 3. The molecular weight excluding hydrogens is 460 g/mol. The summed E-state index contributed by atoms with van der Waals surface area (Å²) in [5.41, 5.74) is 2.16. The number of hydrogen-bond acceptors (Lipinski definition) is 4. The molecule has 5 nitrogen and oxygen atoms in total. The van der Waals surface area contributed by atoms with E-state index in [0.717, 1.165) is 44.3 Å². The quantitative estimate of drug-likeness (QED) is 0.548. The molecular formula is C32H36N2O3. The molecule has 6 rings (SSSR count). The Morgan fingerprint density at radius 3 is 2.32 bits per heavy atom. The molecule has 2 saturated carbocycles. The van der Waals surface area contributed by atoms with E-state index in [1.165, 1.54) is 4.90 Å². The van der Waals surface area contributed by atoms with Crippen molar-refractivity contribution in [3.8, 4) is 0 Å². The monoisotopic (exact) mass is 496 g/mol. The average Bonchev–Trinajstić information content (AvgIpc) is 3.27. The van der Waals surface area contributed by atoms with Crippen LogP contribution in [0.2, 0.25) is 0 Å². The van der Waals surface area contributed by atoms with Crippen molar-refractivity contribution in [3.05, 3.63) is 78.0 Å². The lowest BCUT2D eigenvalue weighted by atomic mass is 9.50. The molecule has 1 heterocycles. The number of hydrogen-bond donors (Lipinski definition) is 1. The highest BCUT2D eigenvalue weighted by molar-refractivity contribution is 6.21. The minimum atomic E-state index is -0.258. The van der Waals surface area contributed by atoms with E-state index in [1.807, 2.05) is 54.6 Å². The molecule has 3 aliphatic carbocycles. The molecule has 0 aromatic heterocycles. The number of allylic oxidation sites excluding steroid dienone is 2. The molecule has 2 aromatic carbocycles. The number of imide groups is 1. The zero-order valence-electron chi connectivity index (χ0n) is 21.8. The Morgan fingerprint density at radius 1 is 0.892 bits per heavy atom. The van der Waals surface area contributed by atoms with Crippen molar-refractivity contribution in [2.24, 2.45) is 34.5 Å². The van der Waals surface area contributed by atoms with Crippen LogP contribution < -0.4 is 10.2 Å². The lowest BCUT2D eigenvalue weighted by Gasteiger charge is -2.58. The summed E-state index contributed by atoms with van der Waals surface area (Å²) in [5.74, 6) is 1.14. The topological polar surface area (TPSA) is 66.5 Å². The molecule has 37 heavy (non-hydrogen) atoms. The van der Waals surface area contributed by atoms with Crippen LogP contribution in [-0.4, -0.2) is 24.1 Å². The first-order valence-corrected chi connectivity index (χ1v) is 13.8. The van der Waals surface area contributed by atoms with Gasteiger partial charge in [-0.05, 0) is 79.5 Å². The minimum Gasteiger partial charge on any atom is -0.387 e. The van der Waals surface area contributed by atoms with Crippen LogP contribution in [0.3, 0.4) is 0 Å². The second-order valence-corrected chi connectivity index (χ2v) is 12.1. The van der Waals surface area contributed by atoms with E-state index < -0.39 is 0 Å². The molecule has 3 fully saturated rings. The molecule has 192 valence electrons. The highest BCUT2D eigenvalue weighted by atomic mass is 16.2. The van der Waals surface area contributed by atoms with Crippen molar-refractivity contribution < 1.29 is 14.4 Å². The second-order valence-electron chi connectivity index (χ2n) is 12.1. The summed E-state index contributed by atoms with van der Waals surface area (Å²) in [4.78, 5) is 41.6. The normalized spacial score (nSPS) is 34.3. The van der Waals surface area contributed by atoms with E-state index >= 15 is 0 Å². The number of rotatable bonds is 3. The number of para-hydroxylation sites is 1. The molecule has 2 aromatic rings. The van der Waals surface area contributed by atoms with Gasteiger partial charge in [0.25, 0.3) is 5.91 Å². The molecule has 1 saturated heterocycles. The van der Waals surface area contributed by atoms with Gasteiger partial charge in [0.05, 0.1) is 5.69 Å². The average molecular weight is 497 g/mol. The third-order valence-electron chi connectivity index (χ3n) is 10.4. The Labute approximate surface area is 219 Å². The smallest absolute Gasteiger partial charge is 0.265 e. The molecule has 6 atom stereocenters. The van der Waals surface area contributed by atoms with Crippen LogP contribution in [0, 0.1) is 34.5 Å². The van der Waals surface area contributed by atoms with E-state index in [9.17, 15) is 14.4 Å². The first kappa shape index (κ1) is 24.1. The minimum absolute atomic E-state index is 0.0135. The lowest BCUT2D eigenvalue weighted by Crippen LogP contribution is -2.57. The maximum absolute atomic E-state index is 14.4. The third-order valence-corrected chi connectivity index (χ3v) is 10.4. The molecule has 1 aliphatic heterocycles. The number of amides is 2. The van der Waals surface area contributed by atoms with Gasteiger partial charge in [0.15, 0.2) is 5.78 Å². The first-order chi connectivity index (χ1) is 17.8. The van der Waals surface area contributed by atoms with Crippen LogP contribution >= 0.6 is 0 Å². The van der Waals surface area contributed by atoms with Crippen LogP contribution in [0.25, 0.3) is 0 Å². The van der Waals surface area contributed by atoms with Gasteiger partial charge in [0.2, 0.25) is 5.91 Å². The van der Waals surface area contributed by atoms with Crippen LogP contribution in [0.5, 0.6) is 0 Å². The molecule has 0 spiro atoms. The Balaban J connectivity index is 1.31. The fraction of sp³-hybridized carbons (Fsp3) is 0.469. The van der Waals surface area contributed by atoms with Gasteiger partial charge in [-0.15, -0.1) is 0 Å². The van der Waals surface area contributed by atoms with Gasteiger partial charge in [-0.3, -0.25) is 14.4 Å². The highest BCUT2D eigenvalue weighted by Gasteiger charge is 2.61. The summed E-state index contributed by atoms with van der Waals surface area (Å²) in [6.45, 7) is 5.51. The van der Waals surface area contributed by atoms with E-state index in [2.05, 4.69) is 19.2 Å². The fourth-order valence-electron chi connectivity index (χ4n) is 8.34. The Hall–Kier alpha value is -3.21. The Bertz CT molecular complexity index is 1260. The summed E-state index contributed by atoms with van der Waals surface area (Å²) >= 11 is 0. The number of ketones is 1. The maximum atomic E-state index is 14.4. The van der Waals surface area contributed by atoms with Crippen LogP contribution in [0.15, 0.2) is 72.4 Å². The number of nitrogens with one attached hydrogen (secondary N) is 1. The fourth-order valence-corrected chi connectivity index (χ4v) is 8.34. The van der Waals surface area contributed by atoms with Gasteiger partial charge in [-0.1, -0.05) is 50.2 Å². The van der Waals surface area contributed by atoms with Gasteiger partial charge in [0.1, 0.15) is 0 Å². The van der Waals surface area contributed by atoms with Crippen LogP contribution in [-0.2, 0) is 9.59 Å². The molecule has 2 amide bonds. The van der Waals surface area contributed by atoms with Gasteiger partial charge in [-0.2, -0.15) is 0 Å². The molecule has 1 unspecified atom stereocenters. The highest BCUT2D eigenvalue weighted by Crippen LogP contribution is 2.64. The number of piperidine rings is 1. The van der Waals surface area contributed by atoms with Crippen LogP contribution in [0.1, 0.15) is 62.7 Å². The third kappa shape index (κ3) is 3.77. The van der Waals surface area contributed by atoms with Crippen molar-refractivity contribution in [2.45, 2.75) is 52.4 Å². The van der Waals surface area contributed by atoms with Crippen molar-refractivity contribution in [1.82, 2.24) is 5.32 Å². The van der Waals surface area contributed by atoms with Crippen molar-refractivity contribution in [2.75, 3.05) is 11.4 Å².